The highest BCUT2D eigenvalue weighted by atomic mass is 31.2. The highest BCUT2D eigenvalue weighted by molar-refractivity contribution is 7.48. The first-order valence-electron chi connectivity index (χ1n) is 11.5. The number of phosphoric acid groups is 1. The lowest BCUT2D eigenvalue weighted by atomic mass is 9.45. The number of fused-ring (bicyclic) bond motifs is 3. The van der Waals surface area contributed by atoms with Crippen LogP contribution in [0.1, 0.15) is 86.5 Å². The van der Waals surface area contributed by atoms with Crippen molar-refractivity contribution in [2.24, 2.45) is 28.1 Å². The molecule has 166 valence electrons. The molecular formula is C24H41O4P. The average Bonchev–Trinajstić information content (AvgIpc) is 2.63. The van der Waals surface area contributed by atoms with Gasteiger partial charge in [0.1, 0.15) is 5.76 Å². The molecule has 0 amide bonds. The first-order valence-corrected chi connectivity index (χ1v) is 12.9. The van der Waals surface area contributed by atoms with Gasteiger partial charge in [0.15, 0.2) is 0 Å². The Morgan fingerprint density at radius 1 is 1.10 bits per heavy atom. The monoisotopic (exact) mass is 424 g/mol. The minimum Gasteiger partial charge on any atom is -0.409 e. The van der Waals surface area contributed by atoms with E-state index in [4.69, 9.17) is 13.6 Å². The third-order valence-electron chi connectivity index (χ3n) is 8.13. The molecule has 29 heavy (non-hydrogen) atoms. The van der Waals surface area contributed by atoms with E-state index in [9.17, 15) is 4.57 Å². The minimum absolute atomic E-state index is 0.0645. The van der Waals surface area contributed by atoms with Crippen LogP contribution < -0.4 is 0 Å². The van der Waals surface area contributed by atoms with Gasteiger partial charge < -0.3 is 4.52 Å². The van der Waals surface area contributed by atoms with Crippen molar-refractivity contribution in [3.8, 4) is 0 Å². The van der Waals surface area contributed by atoms with Crippen LogP contribution in [0.4, 0.5) is 0 Å². The van der Waals surface area contributed by atoms with Crippen LogP contribution in [-0.4, -0.2) is 13.2 Å². The maximum absolute atomic E-state index is 13.3. The van der Waals surface area contributed by atoms with E-state index in [0.717, 1.165) is 31.4 Å². The van der Waals surface area contributed by atoms with Gasteiger partial charge in [-0.2, -0.15) is 0 Å². The topological polar surface area (TPSA) is 44.8 Å². The Balaban J connectivity index is 2.07. The van der Waals surface area contributed by atoms with E-state index in [2.05, 4.69) is 40.3 Å². The van der Waals surface area contributed by atoms with Crippen LogP contribution in [0.3, 0.4) is 0 Å². The maximum atomic E-state index is 13.3. The van der Waals surface area contributed by atoms with Gasteiger partial charge in [-0.15, -0.1) is 6.58 Å². The van der Waals surface area contributed by atoms with E-state index in [0.29, 0.717) is 25.0 Å². The molecule has 3 aliphatic rings. The van der Waals surface area contributed by atoms with Crippen LogP contribution in [0.15, 0.2) is 24.0 Å². The highest BCUT2D eigenvalue weighted by Crippen LogP contribution is 2.66. The molecule has 0 aromatic carbocycles. The van der Waals surface area contributed by atoms with E-state index in [1.54, 1.807) is 0 Å². The van der Waals surface area contributed by atoms with E-state index >= 15 is 0 Å². The largest absolute Gasteiger partial charge is 0.529 e. The number of hydrogen-bond donors (Lipinski definition) is 0. The molecule has 3 aliphatic carbocycles. The van der Waals surface area contributed by atoms with Gasteiger partial charge in [0.05, 0.1) is 13.2 Å². The zero-order valence-electron chi connectivity index (χ0n) is 19.4. The van der Waals surface area contributed by atoms with E-state index in [1.165, 1.54) is 24.8 Å². The molecule has 0 aromatic rings. The van der Waals surface area contributed by atoms with Crippen molar-refractivity contribution in [2.45, 2.75) is 86.5 Å². The second kappa shape index (κ2) is 8.17. The fraction of sp³-hybridized carbons (Fsp3) is 0.833. The number of phosphoric ester groups is 1. The van der Waals surface area contributed by atoms with Gasteiger partial charge in [0, 0.05) is 6.42 Å². The predicted octanol–water partition coefficient (Wildman–Crippen LogP) is 7.67. The molecule has 0 aliphatic heterocycles. The maximum Gasteiger partial charge on any atom is 0.529 e. The van der Waals surface area contributed by atoms with E-state index in [-0.39, 0.29) is 16.2 Å². The minimum atomic E-state index is -3.60. The third-order valence-corrected chi connectivity index (χ3v) is 9.72. The lowest BCUT2D eigenvalue weighted by molar-refractivity contribution is -0.0611. The summed E-state index contributed by atoms with van der Waals surface area (Å²) in [6.07, 6.45) is 9.93. The summed E-state index contributed by atoms with van der Waals surface area (Å²) >= 11 is 0. The summed E-state index contributed by atoms with van der Waals surface area (Å²) in [4.78, 5) is 0. The molecule has 2 fully saturated rings. The first kappa shape index (κ1) is 23.1. The number of hydrogen-bond acceptors (Lipinski definition) is 4. The van der Waals surface area contributed by atoms with Crippen molar-refractivity contribution >= 4 is 7.82 Å². The van der Waals surface area contributed by atoms with Gasteiger partial charge in [-0.05, 0) is 79.6 Å². The SMILES string of the molecule is C=C[C@@]1(C)CC[C@H]2C(=C(OP(=O)(OCC)OCC)CC3C(C)(C)CCC[C@@]32C)C1. The van der Waals surface area contributed by atoms with Crippen LogP contribution in [0.5, 0.6) is 0 Å². The van der Waals surface area contributed by atoms with Crippen molar-refractivity contribution in [2.75, 3.05) is 13.2 Å². The van der Waals surface area contributed by atoms with Gasteiger partial charge in [-0.3, -0.25) is 9.05 Å². The van der Waals surface area contributed by atoms with Crippen LogP contribution in [0.25, 0.3) is 0 Å². The second-order valence-corrected chi connectivity index (χ2v) is 12.1. The van der Waals surface area contributed by atoms with Gasteiger partial charge >= 0.3 is 7.82 Å². The fourth-order valence-electron chi connectivity index (χ4n) is 6.54. The molecule has 0 spiro atoms. The zero-order valence-corrected chi connectivity index (χ0v) is 20.3. The highest BCUT2D eigenvalue weighted by Gasteiger charge is 2.56. The van der Waals surface area contributed by atoms with Crippen LogP contribution >= 0.6 is 7.82 Å². The van der Waals surface area contributed by atoms with Gasteiger partial charge in [0.2, 0.25) is 0 Å². The smallest absolute Gasteiger partial charge is 0.409 e. The lowest BCUT2D eigenvalue weighted by Gasteiger charge is -2.59. The quantitative estimate of drug-likeness (QED) is 0.311. The number of allylic oxidation sites excluding steroid dienone is 3. The van der Waals surface area contributed by atoms with Crippen LogP contribution in [0.2, 0.25) is 0 Å². The van der Waals surface area contributed by atoms with E-state index < -0.39 is 7.82 Å². The summed E-state index contributed by atoms with van der Waals surface area (Å²) in [5, 5.41) is 0. The molecule has 0 aromatic heterocycles. The van der Waals surface area contributed by atoms with E-state index in [1.807, 2.05) is 13.8 Å². The molecule has 5 heteroatoms. The summed E-state index contributed by atoms with van der Waals surface area (Å²) in [7, 11) is -3.60. The normalized spacial score (nSPS) is 36.9. The Morgan fingerprint density at radius 3 is 2.34 bits per heavy atom. The summed E-state index contributed by atoms with van der Waals surface area (Å²) < 4.78 is 30.5. The van der Waals surface area contributed by atoms with Crippen molar-refractivity contribution in [3.05, 3.63) is 24.0 Å². The first-order chi connectivity index (χ1) is 13.5. The van der Waals surface area contributed by atoms with Crippen molar-refractivity contribution in [1.82, 2.24) is 0 Å². The van der Waals surface area contributed by atoms with Gasteiger partial charge in [-0.25, -0.2) is 4.57 Å². The molecule has 1 unspecified atom stereocenters. The Morgan fingerprint density at radius 2 is 1.76 bits per heavy atom. The molecule has 0 bridgehead atoms. The lowest BCUT2D eigenvalue weighted by Crippen LogP contribution is -2.51. The predicted molar refractivity (Wildman–Crippen MR) is 118 cm³/mol. The molecule has 0 saturated heterocycles. The van der Waals surface area contributed by atoms with Crippen molar-refractivity contribution < 1.29 is 18.1 Å². The van der Waals surface area contributed by atoms with Crippen molar-refractivity contribution in [3.63, 3.8) is 0 Å². The molecule has 4 atom stereocenters. The Bertz CT molecular complexity index is 702. The van der Waals surface area contributed by atoms with Crippen LogP contribution in [-0.2, 0) is 18.1 Å². The Hall–Kier alpha value is -0.570. The van der Waals surface area contributed by atoms with Gasteiger partial charge in [-0.1, -0.05) is 40.2 Å². The molecule has 4 nitrogen and oxygen atoms in total. The second-order valence-electron chi connectivity index (χ2n) is 10.6. The molecule has 0 heterocycles. The van der Waals surface area contributed by atoms with Crippen molar-refractivity contribution in [1.29, 1.82) is 0 Å². The molecule has 0 N–H and O–H groups in total. The summed E-state index contributed by atoms with van der Waals surface area (Å²) in [6, 6.07) is 0. The molecular weight excluding hydrogens is 383 g/mol. The van der Waals surface area contributed by atoms with Crippen LogP contribution in [0, 0.1) is 28.1 Å². The zero-order chi connectivity index (χ0) is 21.5. The standard InChI is InChI=1S/C24H41O4P/c1-8-23(6)15-12-19-18(17-23)20(28-29(25,26-9-2)27-10-3)16-21-22(4,5)13-11-14-24(19,21)7/h8,19,21H,1,9-17H2,2-7H3/t19-,21?,23-,24+/m0/s1. The molecule has 3 rings (SSSR count). The number of rotatable bonds is 7. The third kappa shape index (κ3) is 4.27. The average molecular weight is 425 g/mol. The summed E-state index contributed by atoms with van der Waals surface area (Å²) in [5.41, 5.74) is 1.92. The Labute approximate surface area is 178 Å². The summed E-state index contributed by atoms with van der Waals surface area (Å²) in [5.74, 6) is 1.86. The Kier molecular flexibility index (Phi) is 6.51. The fourth-order valence-corrected chi connectivity index (χ4v) is 7.81. The molecule has 2 saturated carbocycles. The molecule has 0 radical (unpaired) electrons. The summed E-state index contributed by atoms with van der Waals surface area (Å²) in [6.45, 7) is 18.0. The van der Waals surface area contributed by atoms with Gasteiger partial charge in [0.25, 0.3) is 0 Å².